The number of rotatable bonds is 24. The molecule has 0 aliphatic rings. The summed E-state index contributed by atoms with van der Waals surface area (Å²) in [5.41, 5.74) is 9.64. The monoisotopic (exact) mass is 1080 g/mol. The molecule has 0 saturated heterocycles. The van der Waals surface area contributed by atoms with Crippen LogP contribution in [0.15, 0.2) is 170 Å². The van der Waals surface area contributed by atoms with Crippen LogP contribution in [0.25, 0.3) is 44.8 Å². The van der Waals surface area contributed by atoms with Gasteiger partial charge in [-0.1, -0.05) is 149 Å². The van der Waals surface area contributed by atoms with Crippen LogP contribution in [-0.2, 0) is 22.7 Å². The van der Waals surface area contributed by atoms with Crippen molar-refractivity contribution in [2.24, 2.45) is 0 Å². The fourth-order valence-electron chi connectivity index (χ4n) is 10.4. The normalized spacial score (nSPS) is 12.8. The Morgan fingerprint density at radius 1 is 0.425 bits per heavy atom. The molecule has 0 fully saturated rings. The summed E-state index contributed by atoms with van der Waals surface area (Å²) in [7, 11) is 0. The molecule has 4 atom stereocenters. The molecule has 0 saturated carbocycles. The van der Waals surface area contributed by atoms with Crippen LogP contribution in [0.3, 0.4) is 0 Å². The van der Waals surface area contributed by atoms with E-state index < -0.39 is 49.2 Å². The van der Waals surface area contributed by atoms with Crippen molar-refractivity contribution in [1.82, 2.24) is 9.13 Å². The minimum atomic E-state index is -1.39. The second-order valence-corrected chi connectivity index (χ2v) is 20.5. The van der Waals surface area contributed by atoms with Gasteiger partial charge in [0.05, 0.1) is 46.9 Å². The van der Waals surface area contributed by atoms with Gasteiger partial charge in [0.2, 0.25) is 0 Å². The Kier molecular flexibility index (Phi) is 20.6. The number of carboxylic acids is 2. The van der Waals surface area contributed by atoms with E-state index in [4.69, 9.17) is 0 Å². The molecule has 0 aliphatic carbocycles. The van der Waals surface area contributed by atoms with Crippen molar-refractivity contribution in [2.45, 2.75) is 116 Å². The van der Waals surface area contributed by atoms with Crippen LogP contribution in [-0.4, -0.2) is 77.5 Å². The van der Waals surface area contributed by atoms with Gasteiger partial charge in [-0.15, -0.1) is 0 Å². The van der Waals surface area contributed by atoms with Gasteiger partial charge in [0.1, 0.15) is 11.6 Å². The minimum Gasteiger partial charge on any atom is -0.550 e. The highest BCUT2D eigenvalue weighted by Crippen LogP contribution is 2.45. The maximum absolute atomic E-state index is 14.2. The SMILES string of the molecule is CC(C)c1c(C(=O)c2ccccc2)c(-c2ccccc2)c(-c2ccc(F)cc2)n1CC[C@@H](O)C[C@@H](O)CC(=O)[O-].CC(C)c1c(C(=O)c2ccccc2)c(-c2ccccc2)c(-c2ccc(F)cc2)n1CC[C@@H](O)C[C@@H](O)CC(=O)[O-]. The van der Waals surface area contributed by atoms with Crippen LogP contribution in [0, 0.1) is 11.6 Å². The highest BCUT2D eigenvalue weighted by Gasteiger charge is 2.33. The maximum Gasteiger partial charge on any atom is 0.195 e. The molecule has 0 aliphatic heterocycles. The topological polar surface area (TPSA) is 205 Å². The smallest absolute Gasteiger partial charge is 0.195 e. The van der Waals surface area contributed by atoms with Crippen LogP contribution >= 0.6 is 0 Å². The molecule has 0 spiro atoms. The van der Waals surface area contributed by atoms with Gasteiger partial charge < -0.3 is 49.4 Å². The van der Waals surface area contributed by atoms with Gasteiger partial charge in [-0.25, -0.2) is 8.78 Å². The summed E-state index contributed by atoms with van der Waals surface area (Å²) in [6, 6.07) is 49.4. The van der Waals surface area contributed by atoms with Crippen molar-refractivity contribution in [3.05, 3.63) is 215 Å². The number of benzene rings is 6. The maximum atomic E-state index is 14.2. The van der Waals surface area contributed by atoms with E-state index in [1.165, 1.54) is 24.3 Å². The standard InChI is InChI=1S/2C33H34FNO5/c2*1-21(2)31-30(33(40)24-11-7-4-8-12-24)29(22-9-5-3-6-10-22)32(23-13-15-25(34)16-14-23)35(31)18-17-26(36)19-27(37)20-28(38)39/h2*3-16,21,26-27,36-37H,17-20H2,1-2H3,(H,38,39)/p-2/t2*26-,27-/m11/s1. The molecule has 6 aromatic carbocycles. The van der Waals surface area contributed by atoms with Gasteiger partial charge >= 0.3 is 0 Å². The molecular formula is C66H66F2N2O10-2. The Morgan fingerprint density at radius 3 is 1.01 bits per heavy atom. The van der Waals surface area contributed by atoms with Crippen LogP contribution < -0.4 is 10.2 Å². The van der Waals surface area contributed by atoms with Crippen molar-refractivity contribution in [1.29, 1.82) is 0 Å². The summed E-state index contributed by atoms with van der Waals surface area (Å²) in [4.78, 5) is 50.1. The fourth-order valence-corrected chi connectivity index (χ4v) is 10.4. The molecule has 416 valence electrons. The third kappa shape index (κ3) is 14.7. The molecule has 8 rings (SSSR count). The van der Waals surface area contributed by atoms with Crippen molar-refractivity contribution < 1.29 is 58.6 Å². The van der Waals surface area contributed by atoms with E-state index in [1.807, 2.05) is 134 Å². The number of aliphatic carboxylic acids is 2. The summed E-state index contributed by atoms with van der Waals surface area (Å²) in [6.07, 6.45) is -5.45. The second kappa shape index (κ2) is 27.6. The van der Waals surface area contributed by atoms with Crippen molar-refractivity contribution >= 4 is 23.5 Å². The van der Waals surface area contributed by atoms with Gasteiger partial charge in [-0.2, -0.15) is 0 Å². The van der Waals surface area contributed by atoms with E-state index >= 15 is 0 Å². The number of nitrogens with zero attached hydrogens (tertiary/aromatic N) is 2. The van der Waals surface area contributed by atoms with Crippen LogP contribution in [0.2, 0.25) is 0 Å². The number of carboxylic acid groups (broad SMARTS) is 2. The highest BCUT2D eigenvalue weighted by molar-refractivity contribution is 6.17. The number of ketones is 2. The van der Waals surface area contributed by atoms with E-state index in [1.54, 1.807) is 48.5 Å². The lowest BCUT2D eigenvalue weighted by Crippen LogP contribution is -2.29. The summed E-state index contributed by atoms with van der Waals surface area (Å²) >= 11 is 0. The third-order valence-corrected chi connectivity index (χ3v) is 13.9. The molecule has 8 aromatic rings. The Bertz CT molecular complexity index is 3120. The number of halogens is 2. The van der Waals surface area contributed by atoms with Crippen molar-refractivity contribution in [2.75, 3.05) is 0 Å². The van der Waals surface area contributed by atoms with Gasteiger partial charge in [-0.05, 0) is 108 Å². The number of aliphatic hydroxyl groups is 4. The lowest BCUT2D eigenvalue weighted by atomic mass is 9.90. The molecule has 2 heterocycles. The Labute approximate surface area is 464 Å². The predicted molar refractivity (Wildman–Crippen MR) is 300 cm³/mol. The molecule has 4 N–H and O–H groups in total. The molecule has 0 radical (unpaired) electrons. The average molecular weight is 1090 g/mol. The predicted octanol–water partition coefficient (Wildman–Crippen LogP) is 9.92. The van der Waals surface area contributed by atoms with E-state index in [0.717, 1.165) is 45.0 Å². The summed E-state index contributed by atoms with van der Waals surface area (Å²) in [5.74, 6) is -4.02. The summed E-state index contributed by atoms with van der Waals surface area (Å²) in [6.45, 7) is 8.55. The molecule has 12 nitrogen and oxygen atoms in total. The van der Waals surface area contributed by atoms with E-state index in [9.17, 15) is 58.6 Å². The average Bonchev–Trinajstić information content (AvgIpc) is 3.97. The Hall–Kier alpha value is -8.14. The van der Waals surface area contributed by atoms with Crippen LogP contribution in [0.5, 0.6) is 0 Å². The van der Waals surface area contributed by atoms with Crippen LogP contribution in [0.1, 0.15) is 121 Å². The first-order chi connectivity index (χ1) is 38.3. The Balaban J connectivity index is 0.000000231. The van der Waals surface area contributed by atoms with Gasteiger partial charge in [0, 0.05) is 71.5 Å². The zero-order chi connectivity index (χ0) is 57.6. The van der Waals surface area contributed by atoms with Crippen molar-refractivity contribution in [3.63, 3.8) is 0 Å². The van der Waals surface area contributed by atoms with Crippen molar-refractivity contribution in [3.8, 4) is 44.8 Å². The van der Waals surface area contributed by atoms with Crippen LogP contribution in [0.4, 0.5) is 8.78 Å². The lowest BCUT2D eigenvalue weighted by Gasteiger charge is -2.20. The van der Waals surface area contributed by atoms with Gasteiger partial charge in [-0.3, -0.25) is 9.59 Å². The molecule has 0 bridgehead atoms. The molecule has 80 heavy (non-hydrogen) atoms. The number of aromatic nitrogens is 2. The number of aliphatic hydroxyl groups excluding tert-OH is 4. The molecule has 0 amide bonds. The zero-order valence-corrected chi connectivity index (χ0v) is 45.2. The summed E-state index contributed by atoms with van der Waals surface area (Å²) in [5, 5.41) is 63.1. The summed E-state index contributed by atoms with van der Waals surface area (Å²) < 4.78 is 32.0. The van der Waals surface area contributed by atoms with E-state index in [0.29, 0.717) is 33.4 Å². The first-order valence-electron chi connectivity index (χ1n) is 26.8. The quantitative estimate of drug-likeness (QED) is 0.0422. The highest BCUT2D eigenvalue weighted by atomic mass is 19.1. The molecule has 14 heteroatoms. The first kappa shape index (κ1) is 59.5. The fraction of sp³-hybridized carbons (Fsp3) is 0.273. The molecular weight excluding hydrogens is 1020 g/mol. The van der Waals surface area contributed by atoms with E-state index in [2.05, 4.69) is 0 Å². The number of hydrogen-bond donors (Lipinski definition) is 4. The number of hydrogen-bond acceptors (Lipinski definition) is 10. The molecule has 0 unspecified atom stereocenters. The first-order valence-corrected chi connectivity index (χ1v) is 26.8. The van der Waals surface area contributed by atoms with Gasteiger partial charge in [0.25, 0.3) is 0 Å². The second-order valence-electron chi connectivity index (χ2n) is 20.5. The van der Waals surface area contributed by atoms with E-state index in [-0.39, 0.29) is 73.8 Å². The Morgan fingerprint density at radius 2 is 0.725 bits per heavy atom. The zero-order valence-electron chi connectivity index (χ0n) is 45.2. The number of carbonyl (C=O) groups is 4. The van der Waals surface area contributed by atoms with Gasteiger partial charge in [0.15, 0.2) is 11.6 Å². The number of carbonyl (C=O) groups excluding carboxylic acids is 4. The largest absolute Gasteiger partial charge is 0.550 e. The molecule has 2 aromatic heterocycles. The minimum absolute atomic E-state index is 0.0971. The lowest BCUT2D eigenvalue weighted by molar-refractivity contribution is -0.309. The third-order valence-electron chi connectivity index (χ3n) is 13.9.